The van der Waals surface area contributed by atoms with Crippen molar-refractivity contribution in [2.45, 2.75) is 44.3 Å². The largest absolute Gasteiger partial charge is 0.455 e. The van der Waals surface area contributed by atoms with Crippen LogP contribution in [-0.4, -0.2) is 60.6 Å². The number of ether oxygens (including phenoxy) is 2. The Morgan fingerprint density at radius 3 is 3.00 bits per heavy atom. The van der Waals surface area contributed by atoms with E-state index in [1.807, 2.05) is 6.92 Å². The molecule has 0 saturated carbocycles. The van der Waals surface area contributed by atoms with Crippen LogP contribution in [0.2, 0.25) is 0 Å². The first-order chi connectivity index (χ1) is 12.0. The molecule has 3 N–H and O–H groups in total. The third-order valence-electron chi connectivity index (χ3n) is 3.91. The number of H-pyrrole nitrogens is 1. The third kappa shape index (κ3) is 3.19. The zero-order valence-corrected chi connectivity index (χ0v) is 14.8. The molecule has 0 aliphatic carbocycles. The summed E-state index contributed by atoms with van der Waals surface area (Å²) in [7, 11) is 0. The van der Waals surface area contributed by atoms with Gasteiger partial charge in [0, 0.05) is 6.42 Å². The van der Waals surface area contributed by atoms with Crippen LogP contribution in [0.3, 0.4) is 0 Å². The maximum Gasteiger partial charge on any atom is 0.306 e. The molecule has 10 nitrogen and oxygen atoms in total. The lowest BCUT2D eigenvalue weighted by atomic mass is 10.1. The van der Waals surface area contributed by atoms with Crippen molar-refractivity contribution in [3.63, 3.8) is 0 Å². The van der Waals surface area contributed by atoms with E-state index in [0.29, 0.717) is 6.42 Å². The zero-order chi connectivity index (χ0) is 18.1. The lowest BCUT2D eigenvalue weighted by Gasteiger charge is -2.22. The molecule has 1 aliphatic rings. The van der Waals surface area contributed by atoms with Crippen molar-refractivity contribution < 1.29 is 24.5 Å². The van der Waals surface area contributed by atoms with Crippen LogP contribution in [0.4, 0.5) is 0 Å². The molecular weight excluding hydrogens is 400 g/mol. The van der Waals surface area contributed by atoms with Crippen LogP contribution in [0.25, 0.3) is 11.2 Å². The Labute approximate surface area is 149 Å². The number of aromatic nitrogens is 4. The van der Waals surface area contributed by atoms with Gasteiger partial charge in [-0.2, -0.15) is 0 Å². The number of imidazole rings is 1. The van der Waals surface area contributed by atoms with Gasteiger partial charge >= 0.3 is 5.97 Å². The van der Waals surface area contributed by atoms with Crippen LogP contribution in [0.5, 0.6) is 0 Å². The van der Waals surface area contributed by atoms with E-state index in [9.17, 15) is 19.8 Å². The van der Waals surface area contributed by atoms with Gasteiger partial charge in [-0.3, -0.25) is 14.2 Å². The fourth-order valence-corrected chi connectivity index (χ4v) is 3.29. The van der Waals surface area contributed by atoms with Crippen LogP contribution in [0, 0.1) is 0 Å². The van der Waals surface area contributed by atoms with Crippen LogP contribution < -0.4 is 5.56 Å². The summed E-state index contributed by atoms with van der Waals surface area (Å²) in [6, 6.07) is 0. The highest BCUT2D eigenvalue weighted by atomic mass is 79.9. The molecule has 0 bridgehead atoms. The van der Waals surface area contributed by atoms with Crippen molar-refractivity contribution in [2.75, 3.05) is 6.61 Å². The second-order valence-electron chi connectivity index (χ2n) is 5.60. The van der Waals surface area contributed by atoms with Gasteiger partial charge in [0.1, 0.15) is 12.2 Å². The summed E-state index contributed by atoms with van der Waals surface area (Å²) < 4.78 is 12.6. The molecule has 0 unspecified atom stereocenters. The van der Waals surface area contributed by atoms with Gasteiger partial charge in [-0.1, -0.05) is 6.92 Å². The Kier molecular flexibility index (Phi) is 5.18. The molecule has 1 aliphatic heterocycles. The maximum atomic E-state index is 11.9. The lowest BCUT2D eigenvalue weighted by Crippen LogP contribution is -2.37. The second kappa shape index (κ2) is 7.20. The van der Waals surface area contributed by atoms with Gasteiger partial charge in [0.05, 0.1) is 12.9 Å². The molecule has 3 heterocycles. The number of esters is 1. The van der Waals surface area contributed by atoms with Crippen molar-refractivity contribution >= 4 is 33.1 Å². The molecule has 2 aromatic rings. The molecule has 1 fully saturated rings. The number of hydrogen-bond donors (Lipinski definition) is 3. The highest BCUT2D eigenvalue weighted by Gasteiger charge is 2.48. The van der Waals surface area contributed by atoms with Gasteiger partial charge in [-0.15, -0.1) is 0 Å². The highest BCUT2D eigenvalue weighted by molar-refractivity contribution is 9.10. The molecule has 136 valence electrons. The first-order valence-corrected chi connectivity index (χ1v) is 8.52. The van der Waals surface area contributed by atoms with E-state index in [1.54, 1.807) is 0 Å². The molecule has 1 saturated heterocycles. The van der Waals surface area contributed by atoms with E-state index in [1.165, 1.54) is 10.9 Å². The van der Waals surface area contributed by atoms with Crippen molar-refractivity contribution in [2.24, 2.45) is 0 Å². The van der Waals surface area contributed by atoms with Crippen LogP contribution in [-0.2, 0) is 14.3 Å². The van der Waals surface area contributed by atoms with Crippen molar-refractivity contribution in [3.05, 3.63) is 21.4 Å². The summed E-state index contributed by atoms with van der Waals surface area (Å²) in [6.45, 7) is 1.37. The molecular formula is C14H17BrN4O6. The smallest absolute Gasteiger partial charge is 0.306 e. The number of nitrogens with one attached hydrogen (secondary N) is 1. The van der Waals surface area contributed by atoms with Crippen LogP contribution in [0.15, 0.2) is 15.9 Å². The van der Waals surface area contributed by atoms with E-state index >= 15 is 0 Å². The Morgan fingerprint density at radius 1 is 1.56 bits per heavy atom. The normalized spacial score (nSPS) is 26.2. The minimum Gasteiger partial charge on any atom is -0.455 e. The molecule has 4 atom stereocenters. The van der Waals surface area contributed by atoms with E-state index in [0.717, 1.165) is 0 Å². The molecule has 3 rings (SSSR count). The lowest BCUT2D eigenvalue weighted by molar-refractivity contribution is -0.158. The number of hydrogen-bond acceptors (Lipinski definition) is 8. The van der Waals surface area contributed by atoms with Crippen LogP contribution >= 0.6 is 15.9 Å². The van der Waals surface area contributed by atoms with Crippen molar-refractivity contribution in [1.29, 1.82) is 0 Å². The van der Waals surface area contributed by atoms with Gasteiger partial charge in [0.2, 0.25) is 0 Å². The van der Waals surface area contributed by atoms with Gasteiger partial charge in [-0.25, -0.2) is 9.97 Å². The minimum atomic E-state index is -1.23. The van der Waals surface area contributed by atoms with E-state index < -0.39 is 42.7 Å². The molecule has 0 amide bonds. The maximum absolute atomic E-state index is 11.9. The number of carbonyl (C=O) groups excluding carboxylic acids is 1. The summed E-state index contributed by atoms with van der Waals surface area (Å²) in [5, 5.41) is 19.8. The zero-order valence-electron chi connectivity index (χ0n) is 13.3. The minimum absolute atomic E-state index is 0.0681. The standard InChI is InChI=1S/C14H17BrN4O6/c1-2-3-7(21)25-10-9(22)6(4-20)24-13(10)19-11-8(18-14(19)15)12(23)17-5-16-11/h5-6,9-10,13,20,22H,2-4H2,1H3,(H,16,17,23)/t6-,9-,10-,13-/m1/s1. The summed E-state index contributed by atoms with van der Waals surface area (Å²) >= 11 is 3.23. The number of halogens is 1. The number of fused-ring (bicyclic) bond motifs is 1. The highest BCUT2D eigenvalue weighted by Crippen LogP contribution is 2.35. The number of carbonyl (C=O) groups is 1. The monoisotopic (exact) mass is 416 g/mol. The predicted molar refractivity (Wildman–Crippen MR) is 87.6 cm³/mol. The first-order valence-electron chi connectivity index (χ1n) is 7.72. The third-order valence-corrected chi connectivity index (χ3v) is 4.47. The number of rotatable bonds is 5. The number of aliphatic hydroxyl groups excluding tert-OH is 2. The number of aliphatic hydroxyl groups is 2. The van der Waals surface area contributed by atoms with Crippen molar-refractivity contribution in [1.82, 2.24) is 19.5 Å². The Bertz CT molecular complexity index is 836. The van der Waals surface area contributed by atoms with Crippen LogP contribution in [0.1, 0.15) is 26.0 Å². The SMILES string of the molecule is CCCC(=O)O[C@@H]1[C@H](O)[C@@H](CO)O[C@H]1n1c(Br)nc2c(=O)[nH]cnc21. The Hall–Kier alpha value is -1.82. The Balaban J connectivity index is 2.04. The van der Waals surface area contributed by atoms with Crippen molar-refractivity contribution in [3.8, 4) is 0 Å². The van der Waals surface area contributed by atoms with E-state index in [4.69, 9.17) is 9.47 Å². The fraction of sp³-hybridized carbons (Fsp3) is 0.571. The average Bonchev–Trinajstić information content (AvgIpc) is 3.06. The quantitative estimate of drug-likeness (QED) is 0.451. The topological polar surface area (TPSA) is 140 Å². The molecule has 0 radical (unpaired) electrons. The molecule has 0 spiro atoms. The predicted octanol–water partition coefficient (Wildman–Crippen LogP) is -0.155. The summed E-state index contributed by atoms with van der Waals surface area (Å²) in [4.78, 5) is 34.4. The Morgan fingerprint density at radius 2 is 2.32 bits per heavy atom. The second-order valence-corrected chi connectivity index (χ2v) is 6.31. The molecule has 11 heteroatoms. The van der Waals surface area contributed by atoms with E-state index in [-0.39, 0.29) is 22.3 Å². The average molecular weight is 417 g/mol. The van der Waals surface area contributed by atoms with Gasteiger partial charge in [-0.05, 0) is 22.4 Å². The fourth-order valence-electron chi connectivity index (χ4n) is 2.74. The number of aromatic amines is 1. The summed E-state index contributed by atoms with van der Waals surface area (Å²) in [5.74, 6) is -0.495. The molecule has 2 aromatic heterocycles. The van der Waals surface area contributed by atoms with Gasteiger partial charge in [0.15, 0.2) is 28.2 Å². The van der Waals surface area contributed by atoms with Gasteiger partial charge < -0.3 is 24.7 Å². The summed E-state index contributed by atoms with van der Waals surface area (Å²) in [5.41, 5.74) is -0.178. The summed E-state index contributed by atoms with van der Waals surface area (Å²) in [6.07, 6.45) is -2.28. The number of nitrogens with zero attached hydrogens (tertiary/aromatic N) is 3. The molecule has 25 heavy (non-hydrogen) atoms. The van der Waals surface area contributed by atoms with E-state index in [2.05, 4.69) is 30.9 Å². The first kappa shape index (κ1) is 18.0. The van der Waals surface area contributed by atoms with Gasteiger partial charge in [0.25, 0.3) is 5.56 Å². The molecule has 0 aromatic carbocycles.